The molecule has 86 valence electrons. The highest BCUT2D eigenvalue weighted by Crippen LogP contribution is 2.37. The molecule has 0 radical (unpaired) electrons. The molecule has 0 bridgehead atoms. The fourth-order valence-electron chi connectivity index (χ4n) is 1.27. The number of nitriles is 1. The zero-order chi connectivity index (χ0) is 12.2. The minimum Gasteiger partial charge on any atom is -0.388 e. The van der Waals surface area contributed by atoms with Gasteiger partial charge in [-0.1, -0.05) is 25.1 Å². The Hall–Kier alpha value is -0.403. The zero-order valence-corrected chi connectivity index (χ0v) is 11.9. The lowest BCUT2D eigenvalue weighted by Gasteiger charge is -2.18. The first kappa shape index (κ1) is 13.7. The van der Waals surface area contributed by atoms with E-state index in [1.54, 1.807) is 18.4 Å². The van der Waals surface area contributed by atoms with Crippen molar-refractivity contribution >= 4 is 39.2 Å². The molecule has 6 heteroatoms. The maximum absolute atomic E-state index is 8.50. The van der Waals surface area contributed by atoms with Crippen molar-refractivity contribution in [2.24, 2.45) is 0 Å². The number of nitrogens with zero attached hydrogens (tertiary/aromatic N) is 1. The molecule has 0 aromatic heterocycles. The summed E-state index contributed by atoms with van der Waals surface area (Å²) in [7, 11) is 0. The van der Waals surface area contributed by atoms with E-state index in [9.17, 15) is 0 Å². The molecule has 0 heterocycles. The van der Waals surface area contributed by atoms with Gasteiger partial charge in [0.05, 0.1) is 0 Å². The van der Waals surface area contributed by atoms with Crippen LogP contribution in [0, 0.1) is 11.5 Å². The zero-order valence-electron chi connectivity index (χ0n) is 8.58. The molecule has 1 aromatic rings. The summed E-state index contributed by atoms with van der Waals surface area (Å²) in [4.78, 5) is 0. The molecule has 16 heavy (non-hydrogen) atoms. The number of halogens is 3. The third-order valence-electron chi connectivity index (χ3n) is 2.21. The van der Waals surface area contributed by atoms with E-state index in [-0.39, 0.29) is 5.54 Å². The van der Waals surface area contributed by atoms with Gasteiger partial charge < -0.3 is 4.74 Å². The average Bonchev–Trinajstić information content (AvgIpc) is 2.20. The van der Waals surface area contributed by atoms with Crippen LogP contribution in [0.4, 0.5) is 0 Å². The molecule has 0 aliphatic rings. The lowest BCUT2D eigenvalue weighted by atomic mass is 10.1. The van der Waals surface area contributed by atoms with Gasteiger partial charge in [-0.3, -0.25) is 0 Å². The molecule has 0 saturated heterocycles. The van der Waals surface area contributed by atoms with E-state index < -0.39 is 6.00 Å². The van der Waals surface area contributed by atoms with E-state index in [4.69, 9.17) is 43.2 Å². The summed E-state index contributed by atoms with van der Waals surface area (Å²) in [5.74, 6) is 0.528. The Kier molecular flexibility index (Phi) is 4.94. The topological polar surface area (TPSA) is 33.0 Å². The Bertz CT molecular complexity index is 400. The molecule has 0 saturated carbocycles. The second-order valence-electron chi connectivity index (χ2n) is 3.45. The maximum Gasteiger partial charge on any atom is 0.344 e. The molecule has 0 amide bonds. The van der Waals surface area contributed by atoms with Crippen LogP contribution in [0.25, 0.3) is 0 Å². The van der Waals surface area contributed by atoms with Gasteiger partial charge in [0.1, 0.15) is 5.75 Å². The van der Waals surface area contributed by atoms with Crippen LogP contribution in [0.15, 0.2) is 24.3 Å². The van der Waals surface area contributed by atoms with Gasteiger partial charge in [0, 0.05) is 0 Å². The summed E-state index contributed by atoms with van der Waals surface area (Å²) < 4.78 is 4.84. The highest BCUT2D eigenvalue weighted by Gasteiger charge is 2.33. The van der Waals surface area contributed by atoms with Crippen LogP contribution >= 0.6 is 33.2 Å². The van der Waals surface area contributed by atoms with Crippen molar-refractivity contribution < 1.29 is 4.74 Å². The van der Waals surface area contributed by atoms with Crippen LogP contribution in [0.5, 0.6) is 5.75 Å². The monoisotopic (exact) mass is 293 g/mol. The third-order valence-corrected chi connectivity index (χ3v) is 6.89. The van der Waals surface area contributed by atoms with Gasteiger partial charge in [0.15, 0.2) is 0 Å². The summed E-state index contributed by atoms with van der Waals surface area (Å²) in [5, 5.41) is 8.50. The van der Waals surface area contributed by atoms with Crippen LogP contribution in [-0.4, -0.2) is 6.00 Å². The van der Waals surface area contributed by atoms with Crippen LogP contribution in [0.2, 0.25) is 5.54 Å². The van der Waals surface area contributed by atoms with Crippen molar-refractivity contribution in [2.75, 3.05) is 0 Å². The van der Waals surface area contributed by atoms with Crippen LogP contribution in [-0.2, 0) is 6.42 Å². The van der Waals surface area contributed by atoms with E-state index in [0.29, 0.717) is 12.2 Å². The van der Waals surface area contributed by atoms with Crippen molar-refractivity contribution in [1.82, 2.24) is 0 Å². The number of rotatable bonds is 4. The highest BCUT2D eigenvalue weighted by atomic mass is 35.8. The van der Waals surface area contributed by atoms with Gasteiger partial charge >= 0.3 is 6.00 Å². The van der Waals surface area contributed by atoms with E-state index in [0.717, 1.165) is 5.56 Å². The summed E-state index contributed by atoms with van der Waals surface area (Å²) >= 11 is 17.8. The first-order chi connectivity index (χ1) is 7.45. The Morgan fingerprint density at radius 1 is 1.38 bits per heavy atom. The molecule has 1 rings (SSSR count). The van der Waals surface area contributed by atoms with Gasteiger partial charge in [0.25, 0.3) is 6.26 Å². The minimum absolute atomic E-state index is 0.0269. The predicted molar refractivity (Wildman–Crippen MR) is 69.1 cm³/mol. The molecule has 0 aliphatic heterocycles. The Labute approximate surface area is 110 Å². The lowest BCUT2D eigenvalue weighted by Crippen LogP contribution is -2.19. The number of hydrogen-bond acceptors (Lipinski definition) is 2. The van der Waals surface area contributed by atoms with Crippen molar-refractivity contribution in [3.05, 3.63) is 29.8 Å². The van der Waals surface area contributed by atoms with Crippen LogP contribution in [0.1, 0.15) is 12.5 Å². The standard InChI is InChI=1S/C10H10Cl3NOSi/c1-8(16(11,12)13)6-9-4-2-3-5-10(9)15-7-14/h2-5,8H,6H2,1H3. The Balaban J connectivity index is 2.85. The van der Waals surface area contributed by atoms with Gasteiger partial charge in [-0.05, 0) is 23.6 Å². The molecule has 1 unspecified atom stereocenters. The van der Waals surface area contributed by atoms with Crippen LogP contribution < -0.4 is 4.74 Å². The molecular formula is C10H10Cl3NOSi. The molecule has 0 fully saturated rings. The van der Waals surface area contributed by atoms with Crippen molar-refractivity contribution in [2.45, 2.75) is 18.9 Å². The summed E-state index contributed by atoms with van der Waals surface area (Å²) in [6.07, 6.45) is 2.25. The van der Waals surface area contributed by atoms with E-state index >= 15 is 0 Å². The van der Waals surface area contributed by atoms with E-state index in [1.807, 2.05) is 19.1 Å². The number of hydrogen-bond donors (Lipinski definition) is 0. The van der Waals surface area contributed by atoms with E-state index in [1.165, 1.54) is 0 Å². The quantitative estimate of drug-likeness (QED) is 0.475. The lowest BCUT2D eigenvalue weighted by molar-refractivity contribution is 0.499. The van der Waals surface area contributed by atoms with Gasteiger partial charge in [-0.15, -0.1) is 38.5 Å². The van der Waals surface area contributed by atoms with E-state index in [2.05, 4.69) is 0 Å². The smallest absolute Gasteiger partial charge is 0.344 e. The Morgan fingerprint density at radius 2 is 2.00 bits per heavy atom. The highest BCUT2D eigenvalue weighted by molar-refractivity contribution is 7.65. The second kappa shape index (κ2) is 5.79. The maximum atomic E-state index is 8.50. The number of ether oxygens (including phenoxy) is 1. The molecule has 1 atom stereocenters. The minimum atomic E-state index is -2.71. The van der Waals surface area contributed by atoms with Gasteiger partial charge in [-0.2, -0.15) is 0 Å². The molecule has 0 N–H and O–H groups in total. The van der Waals surface area contributed by atoms with Gasteiger partial charge in [-0.25, -0.2) is 0 Å². The number of benzene rings is 1. The largest absolute Gasteiger partial charge is 0.388 e. The third kappa shape index (κ3) is 3.87. The first-order valence-corrected chi connectivity index (χ1v) is 9.77. The predicted octanol–water partition coefficient (Wildman–Crippen LogP) is 4.13. The molecule has 0 aliphatic carbocycles. The van der Waals surface area contributed by atoms with Gasteiger partial charge in [0.2, 0.25) is 0 Å². The average molecular weight is 295 g/mol. The second-order valence-corrected chi connectivity index (χ2v) is 12.6. The van der Waals surface area contributed by atoms with Crippen molar-refractivity contribution in [3.63, 3.8) is 0 Å². The molecule has 2 nitrogen and oxygen atoms in total. The normalized spacial score (nSPS) is 12.9. The van der Waals surface area contributed by atoms with Crippen molar-refractivity contribution in [3.8, 4) is 12.0 Å². The summed E-state index contributed by atoms with van der Waals surface area (Å²) in [6.45, 7) is 1.89. The Morgan fingerprint density at radius 3 is 2.56 bits per heavy atom. The molecule has 1 aromatic carbocycles. The fraction of sp³-hybridized carbons (Fsp3) is 0.300. The SMILES string of the molecule is CC(Cc1ccccc1OC#N)[Si](Cl)(Cl)Cl. The first-order valence-electron chi connectivity index (χ1n) is 4.65. The fourth-order valence-corrected chi connectivity index (χ4v) is 2.41. The molecule has 0 spiro atoms. The molecular weight excluding hydrogens is 285 g/mol. The number of para-hydroxylation sites is 1. The summed E-state index contributed by atoms with van der Waals surface area (Å²) in [5.41, 5.74) is 0.858. The van der Waals surface area contributed by atoms with Crippen LogP contribution in [0.3, 0.4) is 0 Å². The summed E-state index contributed by atoms with van der Waals surface area (Å²) in [6, 6.07) is 4.55. The van der Waals surface area contributed by atoms with Crippen molar-refractivity contribution in [1.29, 1.82) is 5.26 Å².